The summed E-state index contributed by atoms with van der Waals surface area (Å²) in [6, 6.07) is 6.38. The summed E-state index contributed by atoms with van der Waals surface area (Å²) in [5, 5.41) is 7.00. The summed E-state index contributed by atoms with van der Waals surface area (Å²) in [4.78, 5) is 35.6. The van der Waals surface area contributed by atoms with Crippen molar-refractivity contribution in [3.63, 3.8) is 0 Å². The molecule has 8 nitrogen and oxygen atoms in total. The number of aryl methyl sites for hydroxylation is 1. The van der Waals surface area contributed by atoms with Crippen molar-refractivity contribution in [2.75, 3.05) is 0 Å². The molecule has 2 aromatic heterocycles. The molecule has 0 spiro atoms. The number of hydrogen-bond acceptors (Lipinski definition) is 6. The number of carbonyl (C=O) groups is 3. The number of thiophene rings is 1. The molecule has 0 aliphatic carbocycles. The van der Waals surface area contributed by atoms with Crippen molar-refractivity contribution in [3.05, 3.63) is 46.7 Å². The van der Waals surface area contributed by atoms with Crippen LogP contribution in [0.15, 0.2) is 30.3 Å². The zero-order valence-corrected chi connectivity index (χ0v) is 15.2. The van der Waals surface area contributed by atoms with Gasteiger partial charge in [-0.25, -0.2) is 18.7 Å². The minimum Gasteiger partial charge on any atom is -0.448 e. The molecule has 0 bridgehead atoms. The second-order valence-electron chi connectivity index (χ2n) is 5.70. The molecule has 140 valence electrons. The number of carbonyl (C=O) groups excluding carboxylic acids is 3. The maximum absolute atomic E-state index is 13.1. The summed E-state index contributed by atoms with van der Waals surface area (Å²) in [5.41, 5.74) is 6.19. The van der Waals surface area contributed by atoms with Gasteiger partial charge in [-0.05, 0) is 44.2 Å². The molecule has 0 saturated heterocycles. The molecule has 0 aliphatic rings. The zero-order valence-electron chi connectivity index (χ0n) is 14.4. The van der Waals surface area contributed by atoms with Crippen LogP contribution in [0.25, 0.3) is 15.9 Å². The molecule has 0 saturated carbocycles. The number of halogens is 1. The van der Waals surface area contributed by atoms with Crippen LogP contribution in [0, 0.1) is 12.7 Å². The molecule has 27 heavy (non-hydrogen) atoms. The Bertz CT molecular complexity index is 1040. The standard InChI is InChI=1S/C17H15FN4O4S/c1-8-12-7-13(16(24)26-9(2)14(23)20-17(19)25)27-15(12)22(21-8)11-5-3-10(18)4-6-11/h3-7,9H,1-2H3,(H3,19,20,23,25)/t9-/m1/s1. The molecule has 2 heterocycles. The van der Waals surface area contributed by atoms with E-state index in [1.54, 1.807) is 29.8 Å². The van der Waals surface area contributed by atoms with E-state index in [4.69, 9.17) is 10.5 Å². The van der Waals surface area contributed by atoms with Gasteiger partial charge in [-0.2, -0.15) is 5.10 Å². The number of aromatic nitrogens is 2. The fourth-order valence-electron chi connectivity index (χ4n) is 2.40. The van der Waals surface area contributed by atoms with Gasteiger partial charge < -0.3 is 10.5 Å². The number of nitrogens with one attached hydrogen (secondary N) is 1. The minimum atomic E-state index is -1.19. The first kappa shape index (κ1) is 18.5. The van der Waals surface area contributed by atoms with E-state index in [1.807, 2.05) is 5.32 Å². The number of primary amides is 1. The summed E-state index contributed by atoms with van der Waals surface area (Å²) in [5.74, 6) is -1.89. The maximum Gasteiger partial charge on any atom is 0.349 e. The number of amides is 3. The highest BCUT2D eigenvalue weighted by Crippen LogP contribution is 2.31. The summed E-state index contributed by atoms with van der Waals surface area (Å²) < 4.78 is 19.8. The van der Waals surface area contributed by atoms with Crippen LogP contribution in [0.2, 0.25) is 0 Å². The number of rotatable bonds is 4. The van der Waals surface area contributed by atoms with E-state index in [2.05, 4.69) is 5.10 Å². The van der Waals surface area contributed by atoms with E-state index in [0.717, 1.165) is 16.7 Å². The molecule has 0 unspecified atom stereocenters. The molecule has 10 heteroatoms. The molecule has 0 aliphatic heterocycles. The van der Waals surface area contributed by atoms with Crippen LogP contribution in [-0.4, -0.2) is 33.8 Å². The van der Waals surface area contributed by atoms with Crippen molar-refractivity contribution >= 4 is 39.5 Å². The smallest absolute Gasteiger partial charge is 0.349 e. The van der Waals surface area contributed by atoms with Crippen LogP contribution in [0.4, 0.5) is 9.18 Å². The molecule has 1 aromatic carbocycles. The first-order valence-electron chi connectivity index (χ1n) is 7.82. The van der Waals surface area contributed by atoms with E-state index in [0.29, 0.717) is 16.2 Å². The average Bonchev–Trinajstić information content (AvgIpc) is 3.16. The fourth-order valence-corrected chi connectivity index (χ4v) is 3.47. The molecule has 3 aromatic rings. The Morgan fingerprint density at radius 2 is 1.96 bits per heavy atom. The number of nitrogens with two attached hydrogens (primary N) is 1. The first-order chi connectivity index (χ1) is 12.8. The Morgan fingerprint density at radius 3 is 2.59 bits per heavy atom. The SMILES string of the molecule is Cc1nn(-c2ccc(F)cc2)c2sc(C(=O)O[C@H](C)C(=O)NC(N)=O)cc12. The van der Waals surface area contributed by atoms with Crippen molar-refractivity contribution in [3.8, 4) is 5.69 Å². The van der Waals surface area contributed by atoms with E-state index in [1.165, 1.54) is 19.1 Å². The van der Waals surface area contributed by atoms with Crippen LogP contribution in [0.1, 0.15) is 22.3 Å². The number of fused-ring (bicyclic) bond motifs is 1. The quantitative estimate of drug-likeness (QED) is 0.663. The molecule has 0 radical (unpaired) electrons. The van der Waals surface area contributed by atoms with Crippen LogP contribution in [-0.2, 0) is 9.53 Å². The molecular formula is C17H15FN4O4S. The van der Waals surface area contributed by atoms with Gasteiger partial charge in [-0.15, -0.1) is 11.3 Å². The van der Waals surface area contributed by atoms with Crippen LogP contribution < -0.4 is 11.1 Å². The zero-order chi connectivity index (χ0) is 19.7. The summed E-state index contributed by atoms with van der Waals surface area (Å²) >= 11 is 1.13. The number of urea groups is 1. The van der Waals surface area contributed by atoms with Crippen molar-refractivity contribution in [2.45, 2.75) is 20.0 Å². The van der Waals surface area contributed by atoms with Gasteiger partial charge in [0, 0.05) is 5.39 Å². The van der Waals surface area contributed by atoms with Crippen LogP contribution in [0.5, 0.6) is 0 Å². The van der Waals surface area contributed by atoms with Gasteiger partial charge in [0.15, 0.2) is 6.10 Å². The van der Waals surface area contributed by atoms with Gasteiger partial charge in [-0.1, -0.05) is 0 Å². The van der Waals surface area contributed by atoms with Crippen molar-refractivity contribution in [1.82, 2.24) is 15.1 Å². The van der Waals surface area contributed by atoms with E-state index in [9.17, 15) is 18.8 Å². The lowest BCUT2D eigenvalue weighted by Gasteiger charge is -2.10. The van der Waals surface area contributed by atoms with Crippen LogP contribution >= 0.6 is 11.3 Å². The lowest BCUT2D eigenvalue weighted by molar-refractivity contribution is -0.127. The third-order valence-electron chi connectivity index (χ3n) is 3.72. The van der Waals surface area contributed by atoms with Crippen molar-refractivity contribution in [2.24, 2.45) is 5.73 Å². The highest BCUT2D eigenvalue weighted by molar-refractivity contribution is 7.20. The normalized spacial score (nSPS) is 12.0. The second-order valence-corrected chi connectivity index (χ2v) is 6.73. The Labute approximate surface area is 156 Å². The van der Waals surface area contributed by atoms with Crippen molar-refractivity contribution in [1.29, 1.82) is 0 Å². The number of esters is 1. The van der Waals surface area contributed by atoms with Gasteiger partial charge in [0.25, 0.3) is 5.91 Å². The molecule has 3 amide bonds. The summed E-state index contributed by atoms with van der Waals surface area (Å²) in [6.07, 6.45) is -1.19. The Hall–Kier alpha value is -3.27. The third kappa shape index (κ3) is 3.80. The minimum absolute atomic E-state index is 0.264. The summed E-state index contributed by atoms with van der Waals surface area (Å²) in [7, 11) is 0. The number of imide groups is 1. The molecule has 1 atom stereocenters. The topological polar surface area (TPSA) is 116 Å². The lowest BCUT2D eigenvalue weighted by Crippen LogP contribution is -2.42. The highest BCUT2D eigenvalue weighted by Gasteiger charge is 2.23. The largest absolute Gasteiger partial charge is 0.448 e. The highest BCUT2D eigenvalue weighted by atomic mass is 32.1. The van der Waals surface area contributed by atoms with Gasteiger partial charge in [0.05, 0.1) is 11.4 Å². The Kier molecular flexibility index (Phi) is 4.91. The number of ether oxygens (including phenoxy) is 1. The molecule has 0 fully saturated rings. The lowest BCUT2D eigenvalue weighted by atomic mass is 10.3. The van der Waals surface area contributed by atoms with E-state index >= 15 is 0 Å². The number of nitrogens with zero attached hydrogens (tertiary/aromatic N) is 2. The predicted molar refractivity (Wildman–Crippen MR) is 96.2 cm³/mol. The van der Waals surface area contributed by atoms with Gasteiger partial charge in [0.1, 0.15) is 15.5 Å². The van der Waals surface area contributed by atoms with Crippen LogP contribution in [0.3, 0.4) is 0 Å². The predicted octanol–water partition coefficient (Wildman–Crippen LogP) is 2.27. The molecular weight excluding hydrogens is 375 g/mol. The maximum atomic E-state index is 13.1. The Balaban J connectivity index is 1.87. The van der Waals surface area contributed by atoms with E-state index < -0.39 is 24.0 Å². The van der Waals surface area contributed by atoms with Gasteiger partial charge >= 0.3 is 12.0 Å². The number of hydrogen-bond donors (Lipinski definition) is 2. The fraction of sp³-hybridized carbons (Fsp3) is 0.176. The van der Waals surface area contributed by atoms with Crippen molar-refractivity contribution < 1.29 is 23.5 Å². The number of benzene rings is 1. The summed E-state index contributed by atoms with van der Waals surface area (Å²) in [6.45, 7) is 3.11. The monoisotopic (exact) mass is 390 g/mol. The molecule has 3 N–H and O–H groups in total. The second kappa shape index (κ2) is 7.16. The average molecular weight is 390 g/mol. The third-order valence-corrected chi connectivity index (χ3v) is 4.81. The van der Waals surface area contributed by atoms with Gasteiger partial charge in [0.2, 0.25) is 0 Å². The molecule has 3 rings (SSSR count). The Morgan fingerprint density at radius 1 is 1.30 bits per heavy atom. The first-order valence-corrected chi connectivity index (χ1v) is 8.64. The van der Waals surface area contributed by atoms with Gasteiger partial charge in [-0.3, -0.25) is 10.1 Å². The van der Waals surface area contributed by atoms with E-state index in [-0.39, 0.29) is 10.7 Å².